The highest BCUT2D eigenvalue weighted by molar-refractivity contribution is 6.03. The van der Waals surface area contributed by atoms with Crippen LogP contribution in [0.3, 0.4) is 0 Å². The molecule has 0 radical (unpaired) electrons. The molecule has 5 heteroatoms. The predicted molar refractivity (Wildman–Crippen MR) is 103 cm³/mol. The number of amides is 1. The van der Waals surface area contributed by atoms with Crippen molar-refractivity contribution >= 4 is 23.0 Å². The van der Waals surface area contributed by atoms with Gasteiger partial charge in [0.05, 0.1) is 23.1 Å². The number of para-hydroxylation sites is 1. The molecule has 3 rings (SSSR count). The van der Waals surface area contributed by atoms with Crippen molar-refractivity contribution in [3.63, 3.8) is 0 Å². The van der Waals surface area contributed by atoms with Crippen LogP contribution in [0.5, 0.6) is 0 Å². The molecular formula is C21H18N4O. The van der Waals surface area contributed by atoms with Crippen LogP contribution < -0.4 is 10.6 Å². The van der Waals surface area contributed by atoms with Gasteiger partial charge < -0.3 is 10.6 Å². The molecule has 2 N–H and O–H groups in total. The number of carbonyl (C=O) groups excluding carboxylic acids is 1. The molecule has 26 heavy (non-hydrogen) atoms. The second-order valence-corrected chi connectivity index (χ2v) is 5.99. The summed E-state index contributed by atoms with van der Waals surface area (Å²) in [7, 11) is 0. The SMILES string of the molecule is Cc1ccc(Nc2ccc(C(=O)Nc3ccccc3C#N)nc2)c(C)c1. The van der Waals surface area contributed by atoms with Gasteiger partial charge in [-0.3, -0.25) is 4.79 Å². The van der Waals surface area contributed by atoms with Gasteiger partial charge >= 0.3 is 0 Å². The quantitative estimate of drug-likeness (QED) is 0.728. The molecule has 0 aliphatic heterocycles. The molecule has 0 aliphatic carbocycles. The number of pyridine rings is 1. The summed E-state index contributed by atoms with van der Waals surface area (Å²) in [5.74, 6) is -0.356. The lowest BCUT2D eigenvalue weighted by Gasteiger charge is -2.11. The number of nitriles is 1. The zero-order chi connectivity index (χ0) is 18.5. The van der Waals surface area contributed by atoms with Crippen LogP contribution in [-0.4, -0.2) is 10.9 Å². The minimum Gasteiger partial charge on any atom is -0.354 e. The second kappa shape index (κ2) is 7.49. The first-order valence-corrected chi connectivity index (χ1v) is 8.17. The molecule has 0 atom stereocenters. The van der Waals surface area contributed by atoms with Crippen LogP contribution in [-0.2, 0) is 0 Å². The molecule has 3 aromatic rings. The zero-order valence-electron chi connectivity index (χ0n) is 14.6. The van der Waals surface area contributed by atoms with Crippen LogP contribution in [0.4, 0.5) is 17.1 Å². The lowest BCUT2D eigenvalue weighted by molar-refractivity contribution is 0.102. The third kappa shape index (κ3) is 3.87. The molecule has 0 saturated heterocycles. The maximum Gasteiger partial charge on any atom is 0.274 e. The van der Waals surface area contributed by atoms with Crippen LogP contribution in [0, 0.1) is 25.2 Å². The highest BCUT2D eigenvalue weighted by atomic mass is 16.1. The molecule has 0 spiro atoms. The first kappa shape index (κ1) is 17.2. The van der Waals surface area contributed by atoms with E-state index in [1.54, 1.807) is 42.6 Å². The Hall–Kier alpha value is -3.65. The van der Waals surface area contributed by atoms with Crippen molar-refractivity contribution in [2.75, 3.05) is 10.6 Å². The molecular weight excluding hydrogens is 324 g/mol. The smallest absolute Gasteiger partial charge is 0.274 e. The molecule has 0 aliphatic rings. The number of hydrogen-bond donors (Lipinski definition) is 2. The zero-order valence-corrected chi connectivity index (χ0v) is 14.6. The van der Waals surface area contributed by atoms with Crippen LogP contribution in [0.25, 0.3) is 0 Å². The van der Waals surface area contributed by atoms with Crippen LogP contribution in [0.1, 0.15) is 27.2 Å². The van der Waals surface area contributed by atoms with Gasteiger partial charge in [-0.15, -0.1) is 0 Å². The molecule has 1 amide bonds. The number of anilines is 3. The number of nitrogens with one attached hydrogen (secondary N) is 2. The first-order valence-electron chi connectivity index (χ1n) is 8.17. The Morgan fingerprint density at radius 2 is 1.85 bits per heavy atom. The number of aryl methyl sites for hydroxylation is 2. The number of nitrogens with zero attached hydrogens (tertiary/aromatic N) is 2. The van der Waals surface area contributed by atoms with Gasteiger partial charge in [-0.25, -0.2) is 4.98 Å². The molecule has 128 valence electrons. The highest BCUT2D eigenvalue weighted by Gasteiger charge is 2.10. The molecule has 5 nitrogen and oxygen atoms in total. The van der Waals surface area contributed by atoms with E-state index in [0.717, 1.165) is 16.9 Å². The van der Waals surface area contributed by atoms with Crippen molar-refractivity contribution in [1.29, 1.82) is 5.26 Å². The van der Waals surface area contributed by atoms with Gasteiger partial charge in [-0.2, -0.15) is 5.26 Å². The lowest BCUT2D eigenvalue weighted by Crippen LogP contribution is -2.14. The minimum absolute atomic E-state index is 0.281. The monoisotopic (exact) mass is 342 g/mol. The molecule has 2 aromatic carbocycles. The largest absolute Gasteiger partial charge is 0.354 e. The van der Waals surface area contributed by atoms with E-state index < -0.39 is 0 Å². The van der Waals surface area contributed by atoms with E-state index in [1.807, 2.05) is 19.1 Å². The van der Waals surface area contributed by atoms with E-state index >= 15 is 0 Å². The third-order valence-electron chi connectivity index (χ3n) is 3.95. The Labute approximate surface area is 152 Å². The maximum atomic E-state index is 12.3. The summed E-state index contributed by atoms with van der Waals surface area (Å²) in [4.78, 5) is 16.6. The van der Waals surface area contributed by atoms with Gasteiger partial charge in [0.25, 0.3) is 5.91 Å². The Balaban J connectivity index is 1.73. The Kier molecular flexibility index (Phi) is 4.95. The topological polar surface area (TPSA) is 77.8 Å². The summed E-state index contributed by atoms with van der Waals surface area (Å²) < 4.78 is 0. The summed E-state index contributed by atoms with van der Waals surface area (Å²) in [5, 5.41) is 15.1. The molecule has 0 unspecified atom stereocenters. The highest BCUT2D eigenvalue weighted by Crippen LogP contribution is 2.21. The van der Waals surface area contributed by atoms with E-state index in [-0.39, 0.29) is 11.6 Å². The number of hydrogen-bond acceptors (Lipinski definition) is 4. The summed E-state index contributed by atoms with van der Waals surface area (Å²) in [5.41, 5.74) is 5.30. The van der Waals surface area contributed by atoms with Gasteiger partial charge in [0.1, 0.15) is 11.8 Å². The Morgan fingerprint density at radius 3 is 2.54 bits per heavy atom. The molecule has 0 fully saturated rings. The van der Waals surface area contributed by atoms with Crippen molar-refractivity contribution in [2.45, 2.75) is 13.8 Å². The third-order valence-corrected chi connectivity index (χ3v) is 3.95. The maximum absolute atomic E-state index is 12.3. The van der Waals surface area contributed by atoms with Crippen molar-refractivity contribution in [3.05, 3.63) is 83.2 Å². The van der Waals surface area contributed by atoms with Crippen LogP contribution in [0.2, 0.25) is 0 Å². The first-order chi connectivity index (χ1) is 12.6. The van der Waals surface area contributed by atoms with Crippen LogP contribution in [0.15, 0.2) is 60.8 Å². The fourth-order valence-electron chi connectivity index (χ4n) is 2.59. The van der Waals surface area contributed by atoms with Crippen molar-refractivity contribution in [1.82, 2.24) is 4.98 Å². The molecule has 0 bridgehead atoms. The van der Waals surface area contributed by atoms with Gasteiger partial charge in [-0.05, 0) is 49.7 Å². The summed E-state index contributed by atoms with van der Waals surface area (Å²) in [6, 6.07) is 18.5. The number of carbonyl (C=O) groups is 1. The summed E-state index contributed by atoms with van der Waals surface area (Å²) in [6.45, 7) is 4.09. The predicted octanol–water partition coefficient (Wildman–Crippen LogP) is 4.57. The van der Waals surface area contributed by atoms with E-state index in [9.17, 15) is 4.79 Å². The molecule has 0 saturated carbocycles. The standard InChI is InChI=1S/C21H18N4O/c1-14-7-9-18(15(2)11-14)24-17-8-10-20(23-13-17)21(26)25-19-6-4-3-5-16(19)12-22/h3-11,13,24H,1-2H3,(H,25,26). The molecule has 1 heterocycles. The fourth-order valence-corrected chi connectivity index (χ4v) is 2.59. The van der Waals surface area contributed by atoms with Gasteiger partial charge in [0.2, 0.25) is 0 Å². The minimum atomic E-state index is -0.356. The van der Waals surface area contributed by atoms with E-state index in [4.69, 9.17) is 5.26 Å². The fraction of sp³-hybridized carbons (Fsp3) is 0.0952. The van der Waals surface area contributed by atoms with Gasteiger partial charge in [-0.1, -0.05) is 29.8 Å². The van der Waals surface area contributed by atoms with E-state index in [0.29, 0.717) is 11.3 Å². The normalized spacial score (nSPS) is 10.0. The number of aromatic nitrogens is 1. The van der Waals surface area contributed by atoms with Crippen molar-refractivity contribution in [3.8, 4) is 6.07 Å². The average molecular weight is 342 g/mol. The van der Waals surface area contributed by atoms with Gasteiger partial charge in [0, 0.05) is 5.69 Å². The van der Waals surface area contributed by atoms with Crippen molar-refractivity contribution in [2.24, 2.45) is 0 Å². The Bertz CT molecular complexity index is 988. The molecule has 1 aromatic heterocycles. The average Bonchev–Trinajstić information content (AvgIpc) is 2.65. The summed E-state index contributed by atoms with van der Waals surface area (Å²) >= 11 is 0. The second-order valence-electron chi connectivity index (χ2n) is 5.99. The van der Waals surface area contributed by atoms with E-state index in [1.165, 1.54) is 5.56 Å². The lowest BCUT2D eigenvalue weighted by atomic mass is 10.1. The van der Waals surface area contributed by atoms with Crippen molar-refractivity contribution < 1.29 is 4.79 Å². The number of benzene rings is 2. The van der Waals surface area contributed by atoms with E-state index in [2.05, 4.69) is 34.7 Å². The van der Waals surface area contributed by atoms with Gasteiger partial charge in [0.15, 0.2) is 0 Å². The van der Waals surface area contributed by atoms with Crippen LogP contribution >= 0.6 is 0 Å². The summed E-state index contributed by atoms with van der Waals surface area (Å²) in [6.07, 6.45) is 1.62. The Morgan fingerprint density at radius 1 is 1.04 bits per heavy atom. The number of rotatable bonds is 4.